The maximum absolute atomic E-state index is 12.9. The molecule has 1 aromatic heterocycles. The summed E-state index contributed by atoms with van der Waals surface area (Å²) >= 11 is 0. The van der Waals surface area contributed by atoms with Crippen molar-refractivity contribution in [2.24, 2.45) is 17.8 Å². The molecular weight excluding hydrogens is 306 g/mol. The highest BCUT2D eigenvalue weighted by molar-refractivity contribution is 5.80. The highest BCUT2D eigenvalue weighted by Gasteiger charge is 2.42. The van der Waals surface area contributed by atoms with E-state index in [1.54, 1.807) is 12.3 Å². The van der Waals surface area contributed by atoms with Crippen LogP contribution in [0, 0.1) is 17.8 Å². The first-order valence-corrected chi connectivity index (χ1v) is 8.73. The number of aromatic nitrogens is 2. The molecule has 3 aliphatic rings. The first-order chi connectivity index (χ1) is 11.7. The maximum atomic E-state index is 12.9. The van der Waals surface area contributed by atoms with Crippen molar-refractivity contribution in [1.82, 2.24) is 14.9 Å². The van der Waals surface area contributed by atoms with Gasteiger partial charge in [0.2, 0.25) is 11.8 Å². The molecule has 0 spiro atoms. The molecule has 6 heteroatoms. The molecule has 4 unspecified atom stereocenters. The van der Waals surface area contributed by atoms with Gasteiger partial charge in [-0.05, 0) is 37.5 Å². The smallest absolute Gasteiger partial charge is 0.319 e. The zero-order valence-electron chi connectivity index (χ0n) is 13.9. The van der Waals surface area contributed by atoms with Gasteiger partial charge in [0.05, 0.1) is 13.7 Å². The third-order valence-electron chi connectivity index (χ3n) is 5.36. The molecule has 0 aromatic carbocycles. The number of allylic oxidation sites excluding steroid dienone is 2. The van der Waals surface area contributed by atoms with Crippen LogP contribution in [-0.2, 0) is 4.79 Å². The van der Waals surface area contributed by atoms with Crippen LogP contribution in [0.1, 0.15) is 25.7 Å². The summed E-state index contributed by atoms with van der Waals surface area (Å²) in [6, 6.07) is 2.02. The molecular formula is C18H23N3O3. The molecule has 128 valence electrons. The molecule has 24 heavy (non-hydrogen) atoms. The molecule has 6 nitrogen and oxygen atoms in total. The van der Waals surface area contributed by atoms with Crippen molar-refractivity contribution in [3.05, 3.63) is 24.4 Å². The molecule has 1 aliphatic heterocycles. The van der Waals surface area contributed by atoms with Crippen molar-refractivity contribution >= 4 is 5.91 Å². The van der Waals surface area contributed by atoms with Gasteiger partial charge in [-0.2, -0.15) is 4.98 Å². The van der Waals surface area contributed by atoms with Gasteiger partial charge in [0.25, 0.3) is 0 Å². The number of piperidine rings is 1. The number of likely N-dealkylation sites (tertiary alicyclic amines) is 1. The molecule has 2 bridgehead atoms. The highest BCUT2D eigenvalue weighted by Crippen LogP contribution is 2.44. The Kier molecular flexibility index (Phi) is 4.12. The largest absolute Gasteiger partial charge is 0.472 e. The van der Waals surface area contributed by atoms with Crippen LogP contribution in [0.25, 0.3) is 0 Å². The van der Waals surface area contributed by atoms with Crippen molar-refractivity contribution in [3.8, 4) is 11.9 Å². The monoisotopic (exact) mass is 329 g/mol. The average molecular weight is 329 g/mol. The van der Waals surface area contributed by atoms with E-state index in [4.69, 9.17) is 9.47 Å². The lowest BCUT2D eigenvalue weighted by atomic mass is 9.91. The zero-order chi connectivity index (χ0) is 16.5. The average Bonchev–Trinajstić information content (AvgIpc) is 3.25. The minimum absolute atomic E-state index is 0.0172. The fourth-order valence-electron chi connectivity index (χ4n) is 4.19. The first-order valence-electron chi connectivity index (χ1n) is 8.73. The van der Waals surface area contributed by atoms with Crippen LogP contribution >= 0.6 is 0 Å². The number of nitrogens with zero attached hydrogens (tertiary/aromatic N) is 3. The third kappa shape index (κ3) is 2.97. The maximum Gasteiger partial charge on any atom is 0.319 e. The van der Waals surface area contributed by atoms with Gasteiger partial charge in [-0.15, -0.1) is 0 Å². The summed E-state index contributed by atoms with van der Waals surface area (Å²) in [5, 5.41) is 0. The summed E-state index contributed by atoms with van der Waals surface area (Å²) in [7, 11) is 1.53. The van der Waals surface area contributed by atoms with Gasteiger partial charge in [0, 0.05) is 24.7 Å². The topological polar surface area (TPSA) is 64.6 Å². The third-order valence-corrected chi connectivity index (χ3v) is 5.36. The van der Waals surface area contributed by atoms with Crippen LogP contribution < -0.4 is 9.47 Å². The number of carbonyl (C=O) groups is 1. The Morgan fingerprint density at radius 2 is 2.25 bits per heavy atom. The summed E-state index contributed by atoms with van der Waals surface area (Å²) < 4.78 is 11.0. The number of hydrogen-bond acceptors (Lipinski definition) is 5. The summed E-state index contributed by atoms with van der Waals surface area (Å²) in [5.74, 6) is 2.06. The van der Waals surface area contributed by atoms with Crippen LogP contribution in [0.3, 0.4) is 0 Å². The Morgan fingerprint density at radius 3 is 3.00 bits per heavy atom. The van der Waals surface area contributed by atoms with Gasteiger partial charge in [0.15, 0.2) is 0 Å². The first kappa shape index (κ1) is 15.4. The van der Waals surface area contributed by atoms with Gasteiger partial charge in [-0.1, -0.05) is 12.2 Å². The predicted octanol–water partition coefficient (Wildman–Crippen LogP) is 2.07. The Balaban J connectivity index is 1.38. The molecule has 1 amide bonds. The molecule has 2 fully saturated rings. The van der Waals surface area contributed by atoms with Crippen LogP contribution in [0.4, 0.5) is 0 Å². The number of fused-ring (bicyclic) bond motifs is 2. The van der Waals surface area contributed by atoms with E-state index in [1.165, 1.54) is 7.11 Å². The summed E-state index contributed by atoms with van der Waals surface area (Å²) in [6.45, 7) is 1.48. The minimum Gasteiger partial charge on any atom is -0.472 e. The van der Waals surface area contributed by atoms with Gasteiger partial charge in [-0.25, -0.2) is 4.98 Å². The molecule has 1 aromatic rings. The summed E-state index contributed by atoms with van der Waals surface area (Å²) in [5.41, 5.74) is 0. The van der Waals surface area contributed by atoms with Gasteiger partial charge in [-0.3, -0.25) is 4.79 Å². The molecule has 0 radical (unpaired) electrons. The van der Waals surface area contributed by atoms with Gasteiger partial charge >= 0.3 is 6.01 Å². The summed E-state index contributed by atoms with van der Waals surface area (Å²) in [6.07, 6.45) is 10.2. The second kappa shape index (κ2) is 6.42. The van der Waals surface area contributed by atoms with Gasteiger partial charge in [0.1, 0.15) is 6.10 Å². The normalized spacial score (nSPS) is 31.3. The van der Waals surface area contributed by atoms with Gasteiger partial charge < -0.3 is 14.4 Å². The molecule has 0 N–H and O–H groups in total. The number of hydrogen-bond donors (Lipinski definition) is 0. The Morgan fingerprint density at radius 1 is 1.33 bits per heavy atom. The van der Waals surface area contributed by atoms with E-state index in [0.717, 1.165) is 32.2 Å². The number of methoxy groups -OCH3 is 1. The standard InChI is InChI=1S/C18H23N3O3/c1-23-18-19-7-6-16(20-18)24-14-3-2-8-21(11-14)17(22)15-10-12-4-5-13(15)9-12/h4-7,12-15H,2-3,8-11H2,1H3. The van der Waals surface area contributed by atoms with E-state index in [0.29, 0.717) is 36.2 Å². The van der Waals surface area contributed by atoms with E-state index in [2.05, 4.69) is 22.1 Å². The molecule has 2 aliphatic carbocycles. The fourth-order valence-corrected chi connectivity index (χ4v) is 4.19. The number of rotatable bonds is 4. The summed E-state index contributed by atoms with van der Waals surface area (Å²) in [4.78, 5) is 23.1. The zero-order valence-corrected chi connectivity index (χ0v) is 13.9. The van der Waals surface area contributed by atoms with E-state index >= 15 is 0 Å². The van der Waals surface area contributed by atoms with Crippen molar-refractivity contribution in [1.29, 1.82) is 0 Å². The van der Waals surface area contributed by atoms with Crippen molar-refractivity contribution in [3.63, 3.8) is 0 Å². The van der Waals surface area contributed by atoms with Crippen LogP contribution in [0.15, 0.2) is 24.4 Å². The van der Waals surface area contributed by atoms with Crippen molar-refractivity contribution in [2.45, 2.75) is 31.8 Å². The lowest BCUT2D eigenvalue weighted by Gasteiger charge is -2.35. The molecule has 1 saturated carbocycles. The van der Waals surface area contributed by atoms with Crippen LogP contribution in [0.5, 0.6) is 11.9 Å². The number of amides is 1. The SMILES string of the molecule is COc1nccc(OC2CCCN(C(=O)C3CC4C=CC3C4)C2)n1. The minimum atomic E-state index is -0.0172. The lowest BCUT2D eigenvalue weighted by Crippen LogP contribution is -2.47. The highest BCUT2D eigenvalue weighted by atomic mass is 16.5. The lowest BCUT2D eigenvalue weighted by molar-refractivity contribution is -0.139. The van der Waals surface area contributed by atoms with Crippen LogP contribution in [0.2, 0.25) is 0 Å². The molecule has 2 heterocycles. The van der Waals surface area contributed by atoms with Crippen molar-refractivity contribution in [2.75, 3.05) is 20.2 Å². The predicted molar refractivity (Wildman–Crippen MR) is 87.7 cm³/mol. The number of carbonyl (C=O) groups excluding carboxylic acids is 1. The second-order valence-corrected chi connectivity index (χ2v) is 6.93. The Hall–Kier alpha value is -2.11. The Bertz CT molecular complexity index is 648. The van der Waals surface area contributed by atoms with E-state index in [9.17, 15) is 4.79 Å². The second-order valence-electron chi connectivity index (χ2n) is 6.93. The van der Waals surface area contributed by atoms with E-state index in [-0.39, 0.29) is 12.0 Å². The van der Waals surface area contributed by atoms with E-state index in [1.807, 2.05) is 4.90 Å². The van der Waals surface area contributed by atoms with Crippen LogP contribution in [-0.4, -0.2) is 47.1 Å². The molecule has 4 rings (SSSR count). The molecule has 4 atom stereocenters. The number of ether oxygens (including phenoxy) is 2. The fraction of sp³-hybridized carbons (Fsp3) is 0.611. The van der Waals surface area contributed by atoms with E-state index < -0.39 is 0 Å². The quantitative estimate of drug-likeness (QED) is 0.791. The molecule has 1 saturated heterocycles. The van der Waals surface area contributed by atoms with Crippen molar-refractivity contribution < 1.29 is 14.3 Å². The Labute approximate surface area is 141 Å².